The summed E-state index contributed by atoms with van der Waals surface area (Å²) in [5.41, 5.74) is 6.86. The molecule has 1 unspecified atom stereocenters. The largest absolute Gasteiger partial charge is 0.330 e. The summed E-state index contributed by atoms with van der Waals surface area (Å²) >= 11 is 1.77. The maximum Gasteiger partial charge on any atom is 0.107 e. The van der Waals surface area contributed by atoms with Gasteiger partial charge in [-0.3, -0.25) is 4.90 Å². The van der Waals surface area contributed by atoms with E-state index >= 15 is 0 Å². The lowest BCUT2D eigenvalue weighted by molar-refractivity contribution is 0.171. The number of hydrogen-bond donors (Lipinski definition) is 1. The SMILES string of the molecule is Cc1csc(CN2CCCC(CN)C2)n1.Cl. The van der Waals surface area contributed by atoms with Crippen LogP contribution in [0.1, 0.15) is 23.5 Å². The Morgan fingerprint density at radius 3 is 3.06 bits per heavy atom. The molecule has 1 fully saturated rings. The van der Waals surface area contributed by atoms with E-state index < -0.39 is 0 Å². The van der Waals surface area contributed by atoms with Crippen molar-refractivity contribution in [1.82, 2.24) is 9.88 Å². The maximum atomic E-state index is 5.72. The molecule has 3 nitrogen and oxygen atoms in total. The predicted molar refractivity (Wildman–Crippen MR) is 71.2 cm³/mol. The summed E-state index contributed by atoms with van der Waals surface area (Å²) in [6.07, 6.45) is 2.58. The smallest absolute Gasteiger partial charge is 0.107 e. The van der Waals surface area contributed by atoms with Gasteiger partial charge in [0.1, 0.15) is 5.01 Å². The molecular weight excluding hydrogens is 242 g/mol. The van der Waals surface area contributed by atoms with Crippen LogP contribution in [0, 0.1) is 12.8 Å². The van der Waals surface area contributed by atoms with Crippen LogP contribution < -0.4 is 5.73 Å². The Kier molecular flexibility index (Phi) is 5.69. The van der Waals surface area contributed by atoms with Crippen molar-refractivity contribution in [2.24, 2.45) is 11.7 Å². The van der Waals surface area contributed by atoms with Crippen molar-refractivity contribution in [1.29, 1.82) is 0 Å². The molecule has 1 aliphatic heterocycles. The minimum absolute atomic E-state index is 0. The van der Waals surface area contributed by atoms with Crippen LogP contribution in [0.3, 0.4) is 0 Å². The van der Waals surface area contributed by atoms with Crippen molar-refractivity contribution in [2.75, 3.05) is 19.6 Å². The Morgan fingerprint density at radius 2 is 2.44 bits per heavy atom. The highest BCUT2D eigenvalue weighted by Crippen LogP contribution is 2.19. The fourth-order valence-corrected chi connectivity index (χ4v) is 2.97. The van der Waals surface area contributed by atoms with Crippen LogP contribution in [0.4, 0.5) is 0 Å². The summed E-state index contributed by atoms with van der Waals surface area (Å²) in [6, 6.07) is 0. The number of aryl methyl sites for hydroxylation is 1. The lowest BCUT2D eigenvalue weighted by Gasteiger charge is -2.31. The number of hydrogen-bond acceptors (Lipinski definition) is 4. The molecule has 16 heavy (non-hydrogen) atoms. The number of rotatable bonds is 3. The second kappa shape index (κ2) is 6.55. The van der Waals surface area contributed by atoms with E-state index in [0.717, 1.165) is 25.3 Å². The summed E-state index contributed by atoms with van der Waals surface area (Å²) in [6.45, 7) is 6.24. The third kappa shape index (κ3) is 3.70. The van der Waals surface area contributed by atoms with E-state index in [1.807, 2.05) is 0 Å². The molecule has 5 heteroatoms. The zero-order valence-electron chi connectivity index (χ0n) is 9.69. The van der Waals surface area contributed by atoms with Gasteiger partial charge in [0, 0.05) is 17.6 Å². The van der Waals surface area contributed by atoms with Crippen molar-refractivity contribution in [3.8, 4) is 0 Å². The van der Waals surface area contributed by atoms with Gasteiger partial charge in [0.05, 0.1) is 6.54 Å². The van der Waals surface area contributed by atoms with Crippen LogP contribution in [0.5, 0.6) is 0 Å². The normalized spacial score (nSPS) is 21.8. The topological polar surface area (TPSA) is 42.1 Å². The Balaban J connectivity index is 0.00000128. The Bertz CT molecular complexity index is 316. The first-order valence-corrected chi connectivity index (χ1v) is 6.49. The van der Waals surface area contributed by atoms with Gasteiger partial charge >= 0.3 is 0 Å². The zero-order chi connectivity index (χ0) is 10.7. The van der Waals surface area contributed by atoms with Crippen molar-refractivity contribution in [3.05, 3.63) is 16.1 Å². The lowest BCUT2D eigenvalue weighted by atomic mass is 9.98. The van der Waals surface area contributed by atoms with Gasteiger partial charge in [-0.05, 0) is 38.8 Å². The van der Waals surface area contributed by atoms with E-state index in [1.54, 1.807) is 11.3 Å². The number of piperidine rings is 1. The molecule has 2 N–H and O–H groups in total. The van der Waals surface area contributed by atoms with E-state index in [0.29, 0.717) is 5.92 Å². The highest BCUT2D eigenvalue weighted by atomic mass is 35.5. The molecule has 1 aliphatic rings. The third-order valence-electron chi connectivity index (χ3n) is 2.96. The zero-order valence-corrected chi connectivity index (χ0v) is 11.3. The van der Waals surface area contributed by atoms with E-state index in [1.165, 1.54) is 24.4 Å². The van der Waals surface area contributed by atoms with Crippen LogP contribution in [0.2, 0.25) is 0 Å². The van der Waals surface area contributed by atoms with Gasteiger partial charge in [-0.1, -0.05) is 0 Å². The minimum atomic E-state index is 0. The van der Waals surface area contributed by atoms with Gasteiger partial charge in [-0.15, -0.1) is 23.7 Å². The van der Waals surface area contributed by atoms with Gasteiger partial charge < -0.3 is 5.73 Å². The number of likely N-dealkylation sites (tertiary alicyclic amines) is 1. The van der Waals surface area contributed by atoms with Crippen molar-refractivity contribution < 1.29 is 0 Å². The molecule has 1 saturated heterocycles. The predicted octanol–water partition coefficient (Wildman–Crippen LogP) is 2.04. The fourth-order valence-electron chi connectivity index (χ4n) is 2.15. The highest BCUT2D eigenvalue weighted by molar-refractivity contribution is 7.09. The number of halogens is 1. The van der Waals surface area contributed by atoms with E-state index in [4.69, 9.17) is 5.73 Å². The average molecular weight is 262 g/mol. The van der Waals surface area contributed by atoms with E-state index in [9.17, 15) is 0 Å². The van der Waals surface area contributed by atoms with Crippen LogP contribution >= 0.6 is 23.7 Å². The first-order chi connectivity index (χ1) is 7.28. The number of nitrogens with two attached hydrogens (primary N) is 1. The molecule has 0 radical (unpaired) electrons. The summed E-state index contributed by atoms with van der Waals surface area (Å²) in [7, 11) is 0. The second-order valence-electron chi connectivity index (χ2n) is 4.36. The number of nitrogens with zero attached hydrogens (tertiary/aromatic N) is 2. The first kappa shape index (κ1) is 13.9. The first-order valence-electron chi connectivity index (χ1n) is 5.61. The molecule has 1 aromatic heterocycles. The summed E-state index contributed by atoms with van der Waals surface area (Å²) in [5.74, 6) is 0.694. The van der Waals surface area contributed by atoms with Gasteiger partial charge in [0.15, 0.2) is 0 Å². The molecule has 0 bridgehead atoms. The molecule has 0 aliphatic carbocycles. The molecule has 2 heterocycles. The summed E-state index contributed by atoms with van der Waals surface area (Å²) in [5, 5.41) is 3.37. The molecule has 92 valence electrons. The lowest BCUT2D eigenvalue weighted by Crippen LogP contribution is -2.37. The average Bonchev–Trinajstić information content (AvgIpc) is 2.64. The quantitative estimate of drug-likeness (QED) is 0.906. The molecule has 0 spiro atoms. The van der Waals surface area contributed by atoms with Crippen LogP contribution in [0.15, 0.2) is 5.38 Å². The van der Waals surface area contributed by atoms with E-state index in [2.05, 4.69) is 22.2 Å². The molecular formula is C11H20ClN3S. The molecule has 0 aromatic carbocycles. The van der Waals surface area contributed by atoms with Gasteiger partial charge in [0.2, 0.25) is 0 Å². The van der Waals surface area contributed by atoms with Gasteiger partial charge in [-0.25, -0.2) is 4.98 Å². The number of aromatic nitrogens is 1. The molecule has 1 atom stereocenters. The van der Waals surface area contributed by atoms with Crippen LogP contribution in [-0.2, 0) is 6.54 Å². The van der Waals surface area contributed by atoms with Crippen LogP contribution in [0.25, 0.3) is 0 Å². The van der Waals surface area contributed by atoms with E-state index in [-0.39, 0.29) is 12.4 Å². The fraction of sp³-hybridized carbons (Fsp3) is 0.727. The Labute approximate surface area is 107 Å². The molecule has 1 aromatic rings. The third-order valence-corrected chi connectivity index (χ3v) is 3.91. The summed E-state index contributed by atoms with van der Waals surface area (Å²) in [4.78, 5) is 6.99. The molecule has 2 rings (SSSR count). The minimum Gasteiger partial charge on any atom is -0.330 e. The monoisotopic (exact) mass is 261 g/mol. The van der Waals surface area contributed by atoms with Crippen molar-refractivity contribution in [3.63, 3.8) is 0 Å². The van der Waals surface area contributed by atoms with Gasteiger partial charge in [-0.2, -0.15) is 0 Å². The van der Waals surface area contributed by atoms with Crippen molar-refractivity contribution in [2.45, 2.75) is 26.3 Å². The second-order valence-corrected chi connectivity index (χ2v) is 5.30. The number of thiazole rings is 1. The Hall–Kier alpha value is -0.160. The standard InChI is InChI=1S/C11H19N3S.ClH/c1-9-8-15-11(13-9)7-14-4-2-3-10(5-12)6-14;/h8,10H,2-7,12H2,1H3;1H. The summed E-state index contributed by atoms with van der Waals surface area (Å²) < 4.78 is 0. The Morgan fingerprint density at radius 1 is 1.62 bits per heavy atom. The van der Waals surface area contributed by atoms with Crippen LogP contribution in [-0.4, -0.2) is 29.5 Å². The molecule has 0 saturated carbocycles. The highest BCUT2D eigenvalue weighted by Gasteiger charge is 2.19. The van der Waals surface area contributed by atoms with Crippen molar-refractivity contribution >= 4 is 23.7 Å². The maximum absolute atomic E-state index is 5.72. The molecule has 0 amide bonds. The van der Waals surface area contributed by atoms with Gasteiger partial charge in [0.25, 0.3) is 0 Å².